The summed E-state index contributed by atoms with van der Waals surface area (Å²) in [6, 6.07) is 7.69. The van der Waals surface area contributed by atoms with Gasteiger partial charge in [0.1, 0.15) is 16.5 Å². The number of hydrogen-bond donors (Lipinski definition) is 0. The van der Waals surface area contributed by atoms with Crippen LogP contribution in [0.15, 0.2) is 40.4 Å². The average molecular weight is 444 g/mol. The predicted octanol–water partition coefficient (Wildman–Crippen LogP) is 4.24. The van der Waals surface area contributed by atoms with Gasteiger partial charge in [-0.2, -0.15) is 11.3 Å². The van der Waals surface area contributed by atoms with E-state index in [9.17, 15) is 4.79 Å². The number of carbonyl (C=O) groups excluding carboxylic acids is 1. The highest BCUT2D eigenvalue weighted by Crippen LogP contribution is 2.35. The summed E-state index contributed by atoms with van der Waals surface area (Å²) in [7, 11) is 3.30. The summed E-state index contributed by atoms with van der Waals surface area (Å²) in [5.74, 6) is 1.66. The van der Waals surface area contributed by atoms with Crippen LogP contribution in [0.2, 0.25) is 0 Å². The Morgan fingerprint density at radius 3 is 2.77 bits per heavy atom. The van der Waals surface area contributed by atoms with E-state index >= 15 is 0 Å². The number of thiophene rings is 1. The van der Waals surface area contributed by atoms with Crippen molar-refractivity contribution in [3.05, 3.63) is 51.7 Å². The molecule has 30 heavy (non-hydrogen) atoms. The van der Waals surface area contributed by atoms with Crippen LogP contribution in [-0.4, -0.2) is 61.1 Å². The third-order valence-corrected chi connectivity index (χ3v) is 6.83. The topological polar surface area (TPSA) is 54.9 Å². The summed E-state index contributed by atoms with van der Waals surface area (Å²) in [5, 5.41) is 6.93. The van der Waals surface area contributed by atoms with Crippen LogP contribution < -0.4 is 9.47 Å². The minimum Gasteiger partial charge on any atom is -0.497 e. The smallest absolute Gasteiger partial charge is 0.254 e. The van der Waals surface area contributed by atoms with Crippen LogP contribution in [0.5, 0.6) is 11.5 Å². The van der Waals surface area contributed by atoms with Gasteiger partial charge in [0.25, 0.3) is 5.91 Å². The van der Waals surface area contributed by atoms with Gasteiger partial charge in [-0.05, 0) is 30.0 Å². The fraction of sp³-hybridized carbons (Fsp3) is 0.364. The number of ether oxygens (including phenoxy) is 2. The van der Waals surface area contributed by atoms with Crippen molar-refractivity contribution in [3.63, 3.8) is 0 Å². The zero-order chi connectivity index (χ0) is 20.9. The fourth-order valence-electron chi connectivity index (χ4n) is 3.61. The van der Waals surface area contributed by atoms with Gasteiger partial charge in [0.2, 0.25) is 0 Å². The zero-order valence-electron chi connectivity index (χ0n) is 17.2. The zero-order valence-corrected chi connectivity index (χ0v) is 18.8. The third kappa shape index (κ3) is 4.66. The van der Waals surface area contributed by atoms with Crippen molar-refractivity contribution < 1.29 is 14.3 Å². The van der Waals surface area contributed by atoms with Crippen LogP contribution in [0.4, 0.5) is 0 Å². The molecule has 3 heterocycles. The van der Waals surface area contributed by atoms with Crippen molar-refractivity contribution in [1.29, 1.82) is 0 Å². The van der Waals surface area contributed by atoms with Gasteiger partial charge in [0.15, 0.2) is 0 Å². The van der Waals surface area contributed by atoms with E-state index in [0.29, 0.717) is 0 Å². The van der Waals surface area contributed by atoms with E-state index < -0.39 is 0 Å². The molecule has 0 spiro atoms. The standard InChI is InChI=1S/C22H25N3O3S2/c1-27-18-4-5-19(20(12-18)28-2)21-23-17(15-30-21)13-24-7-3-8-25(10-9-24)22(26)16-6-11-29-14-16/h4-6,11-12,14-15H,3,7-10,13H2,1-2H3. The first-order valence-corrected chi connectivity index (χ1v) is 11.7. The highest BCUT2D eigenvalue weighted by atomic mass is 32.1. The van der Waals surface area contributed by atoms with Crippen LogP contribution in [0.3, 0.4) is 0 Å². The number of thiazole rings is 1. The number of carbonyl (C=O) groups is 1. The molecule has 8 heteroatoms. The molecule has 0 saturated carbocycles. The van der Waals surface area contributed by atoms with Gasteiger partial charge in [-0.3, -0.25) is 9.69 Å². The van der Waals surface area contributed by atoms with Crippen molar-refractivity contribution in [2.75, 3.05) is 40.4 Å². The van der Waals surface area contributed by atoms with E-state index in [2.05, 4.69) is 10.3 Å². The Balaban J connectivity index is 1.40. The maximum atomic E-state index is 12.6. The minimum absolute atomic E-state index is 0.139. The maximum Gasteiger partial charge on any atom is 0.254 e. The Morgan fingerprint density at radius 1 is 1.10 bits per heavy atom. The molecule has 1 aromatic carbocycles. The normalized spacial score (nSPS) is 15.1. The highest BCUT2D eigenvalue weighted by Gasteiger charge is 2.21. The molecule has 1 amide bonds. The molecular formula is C22H25N3O3S2. The molecule has 1 aliphatic rings. The van der Waals surface area contributed by atoms with E-state index in [0.717, 1.165) is 72.5 Å². The molecule has 158 valence electrons. The molecule has 1 fully saturated rings. The van der Waals surface area contributed by atoms with Gasteiger partial charge in [-0.1, -0.05) is 0 Å². The predicted molar refractivity (Wildman–Crippen MR) is 121 cm³/mol. The lowest BCUT2D eigenvalue weighted by Gasteiger charge is -2.21. The average Bonchev–Trinajstić information content (AvgIpc) is 3.42. The number of nitrogens with zero attached hydrogens (tertiary/aromatic N) is 3. The fourth-order valence-corrected chi connectivity index (χ4v) is 5.08. The molecule has 0 aliphatic carbocycles. The lowest BCUT2D eigenvalue weighted by molar-refractivity contribution is 0.0761. The molecule has 0 bridgehead atoms. The van der Waals surface area contributed by atoms with Crippen molar-refractivity contribution in [1.82, 2.24) is 14.8 Å². The second kappa shape index (κ2) is 9.59. The van der Waals surface area contributed by atoms with E-state index in [1.807, 2.05) is 39.9 Å². The Bertz CT molecular complexity index is 987. The Kier molecular flexibility index (Phi) is 6.66. The summed E-state index contributed by atoms with van der Waals surface area (Å²) < 4.78 is 10.8. The molecule has 0 atom stereocenters. The van der Waals surface area contributed by atoms with Gasteiger partial charge in [-0.25, -0.2) is 4.98 Å². The van der Waals surface area contributed by atoms with Crippen LogP contribution in [-0.2, 0) is 6.54 Å². The lowest BCUT2D eigenvalue weighted by atomic mass is 10.2. The second-order valence-electron chi connectivity index (χ2n) is 7.14. The molecule has 1 saturated heterocycles. The molecule has 2 aromatic heterocycles. The molecule has 6 nitrogen and oxygen atoms in total. The largest absolute Gasteiger partial charge is 0.497 e. The van der Waals surface area contributed by atoms with Gasteiger partial charge in [-0.15, -0.1) is 11.3 Å². The molecule has 1 aliphatic heterocycles. The first-order chi connectivity index (χ1) is 14.7. The summed E-state index contributed by atoms with van der Waals surface area (Å²) >= 11 is 3.18. The molecular weight excluding hydrogens is 418 g/mol. The van der Waals surface area contributed by atoms with E-state index in [-0.39, 0.29) is 5.91 Å². The third-order valence-electron chi connectivity index (χ3n) is 5.22. The van der Waals surface area contributed by atoms with Crippen LogP contribution >= 0.6 is 22.7 Å². The molecule has 0 N–H and O–H groups in total. The van der Waals surface area contributed by atoms with Crippen LogP contribution in [0, 0.1) is 0 Å². The summed E-state index contributed by atoms with van der Waals surface area (Å²) in [6.45, 7) is 4.16. The van der Waals surface area contributed by atoms with Gasteiger partial charge < -0.3 is 14.4 Å². The Labute approximate surface area is 184 Å². The first kappa shape index (κ1) is 20.8. The quantitative estimate of drug-likeness (QED) is 0.570. The first-order valence-electron chi connectivity index (χ1n) is 9.88. The van der Waals surface area contributed by atoms with Gasteiger partial charge >= 0.3 is 0 Å². The molecule has 3 aromatic rings. The number of amides is 1. The van der Waals surface area contributed by atoms with E-state index in [1.54, 1.807) is 36.9 Å². The second-order valence-corrected chi connectivity index (χ2v) is 8.78. The van der Waals surface area contributed by atoms with Crippen molar-refractivity contribution in [2.45, 2.75) is 13.0 Å². The summed E-state index contributed by atoms with van der Waals surface area (Å²) in [4.78, 5) is 21.8. The number of rotatable bonds is 6. The SMILES string of the molecule is COc1ccc(-c2nc(CN3CCCN(C(=O)c4ccsc4)CC3)cs2)c(OC)c1. The maximum absolute atomic E-state index is 12.6. The summed E-state index contributed by atoms with van der Waals surface area (Å²) in [5.41, 5.74) is 2.81. The minimum atomic E-state index is 0.139. The Morgan fingerprint density at radius 2 is 2.00 bits per heavy atom. The molecule has 0 radical (unpaired) electrons. The van der Waals surface area contributed by atoms with Gasteiger partial charge in [0.05, 0.1) is 31.0 Å². The number of aromatic nitrogens is 1. The number of benzene rings is 1. The monoisotopic (exact) mass is 443 g/mol. The van der Waals surface area contributed by atoms with Crippen molar-refractivity contribution in [2.24, 2.45) is 0 Å². The van der Waals surface area contributed by atoms with Crippen LogP contribution in [0.1, 0.15) is 22.5 Å². The van der Waals surface area contributed by atoms with Crippen molar-refractivity contribution >= 4 is 28.6 Å². The summed E-state index contributed by atoms with van der Waals surface area (Å²) in [6.07, 6.45) is 0.971. The van der Waals surface area contributed by atoms with Gasteiger partial charge in [0, 0.05) is 49.6 Å². The van der Waals surface area contributed by atoms with E-state index in [1.165, 1.54) is 0 Å². The Hall–Kier alpha value is -2.42. The van der Waals surface area contributed by atoms with E-state index in [4.69, 9.17) is 14.5 Å². The number of methoxy groups -OCH3 is 2. The lowest BCUT2D eigenvalue weighted by Crippen LogP contribution is -2.34. The molecule has 0 unspecified atom stereocenters. The molecule has 4 rings (SSSR count). The van der Waals surface area contributed by atoms with Crippen LogP contribution in [0.25, 0.3) is 10.6 Å². The van der Waals surface area contributed by atoms with Crippen molar-refractivity contribution in [3.8, 4) is 22.1 Å². The number of hydrogen-bond acceptors (Lipinski definition) is 7. The highest BCUT2D eigenvalue weighted by molar-refractivity contribution is 7.13.